The summed E-state index contributed by atoms with van der Waals surface area (Å²) in [5.74, 6) is -1.25. The molecule has 0 aromatic heterocycles. The van der Waals surface area contributed by atoms with Crippen LogP contribution in [0.4, 0.5) is 4.79 Å². The van der Waals surface area contributed by atoms with E-state index in [2.05, 4.69) is 0 Å². The van der Waals surface area contributed by atoms with Crippen LogP contribution in [0.25, 0.3) is 0 Å². The summed E-state index contributed by atoms with van der Waals surface area (Å²) in [6, 6.07) is 6.63. The number of carbonyl (C=O) groups excluding carboxylic acids is 3. The van der Waals surface area contributed by atoms with E-state index < -0.39 is 36.0 Å². The van der Waals surface area contributed by atoms with Crippen molar-refractivity contribution in [2.45, 2.75) is 52.9 Å². The van der Waals surface area contributed by atoms with Gasteiger partial charge in [-0.3, -0.25) is 4.79 Å². The zero-order valence-corrected chi connectivity index (χ0v) is 18.7. The minimum absolute atomic E-state index is 0.00620. The number of rotatable bonds is 6. The first-order valence-electron chi connectivity index (χ1n) is 10.4. The summed E-state index contributed by atoms with van der Waals surface area (Å²) >= 11 is 0. The first kappa shape index (κ1) is 22.7. The predicted octanol–water partition coefficient (Wildman–Crippen LogP) is 3.61. The molecule has 2 amide bonds. The number of carbonyl (C=O) groups is 3. The summed E-state index contributed by atoms with van der Waals surface area (Å²) < 4.78 is 21.7. The van der Waals surface area contributed by atoms with Crippen molar-refractivity contribution in [3.63, 3.8) is 0 Å². The highest BCUT2D eigenvalue weighted by Gasteiger charge is 2.51. The van der Waals surface area contributed by atoms with Gasteiger partial charge in [-0.05, 0) is 44.4 Å². The molecule has 0 N–H and O–H groups in total. The highest BCUT2D eigenvalue weighted by atomic mass is 16.6. The summed E-state index contributed by atoms with van der Waals surface area (Å²) in [7, 11) is 1.56. The van der Waals surface area contributed by atoms with Gasteiger partial charge in [0.15, 0.2) is 0 Å². The van der Waals surface area contributed by atoms with E-state index in [0.29, 0.717) is 17.1 Å². The third kappa shape index (κ3) is 4.38. The second-order valence-corrected chi connectivity index (χ2v) is 8.31. The molecule has 31 heavy (non-hydrogen) atoms. The minimum Gasteiger partial charge on any atom is -0.497 e. The Morgan fingerprint density at radius 2 is 1.77 bits per heavy atom. The number of cyclic esters (lactones) is 1. The van der Waals surface area contributed by atoms with E-state index in [4.69, 9.17) is 18.9 Å². The van der Waals surface area contributed by atoms with E-state index in [1.54, 1.807) is 52.1 Å². The number of esters is 1. The molecule has 1 aromatic carbocycles. The molecule has 2 aliphatic heterocycles. The van der Waals surface area contributed by atoms with Crippen LogP contribution in [0.15, 0.2) is 35.6 Å². The quantitative estimate of drug-likeness (QED) is 0.636. The van der Waals surface area contributed by atoms with Gasteiger partial charge in [0.1, 0.15) is 30.1 Å². The number of ether oxygens (including phenoxy) is 4. The average molecular weight is 431 g/mol. The Morgan fingerprint density at radius 1 is 1.13 bits per heavy atom. The topological polar surface area (TPSA) is 91.4 Å². The van der Waals surface area contributed by atoms with Crippen molar-refractivity contribution in [3.8, 4) is 5.75 Å². The van der Waals surface area contributed by atoms with Gasteiger partial charge < -0.3 is 18.9 Å². The minimum atomic E-state index is -1.04. The van der Waals surface area contributed by atoms with Crippen molar-refractivity contribution >= 4 is 18.0 Å². The first-order valence-corrected chi connectivity index (χ1v) is 10.4. The second-order valence-electron chi connectivity index (χ2n) is 8.31. The Morgan fingerprint density at radius 3 is 2.32 bits per heavy atom. The van der Waals surface area contributed by atoms with Crippen LogP contribution in [0.2, 0.25) is 0 Å². The van der Waals surface area contributed by atoms with Crippen molar-refractivity contribution in [1.82, 2.24) is 4.90 Å². The number of benzene rings is 1. The summed E-state index contributed by atoms with van der Waals surface area (Å²) in [4.78, 5) is 40.2. The standard InChI is InChI=1S/C23H29NO7/c1-12(2)17-11-29-23(27)24(17)21(25)19-18(22(26)30-13(3)4)14(5)31-20(19)15-7-9-16(28-6)10-8-15/h7-10,12-13,17,19-20H,11H2,1-6H3/t17-,19+,20-/m1/s1. The summed E-state index contributed by atoms with van der Waals surface area (Å²) in [5, 5.41) is 0. The lowest BCUT2D eigenvalue weighted by molar-refractivity contribution is -0.146. The van der Waals surface area contributed by atoms with Crippen LogP contribution in [-0.2, 0) is 23.8 Å². The molecule has 1 saturated heterocycles. The molecule has 1 aromatic rings. The molecular formula is C23H29NO7. The SMILES string of the molecule is COc1ccc([C@H]2OC(C)=C(C(=O)OC(C)C)[C@@H]2C(=O)N2C(=O)OC[C@@H]2C(C)C)cc1. The number of nitrogens with zero attached hydrogens (tertiary/aromatic N) is 1. The number of hydrogen-bond acceptors (Lipinski definition) is 7. The largest absolute Gasteiger partial charge is 0.497 e. The van der Waals surface area contributed by atoms with Crippen molar-refractivity contribution in [2.24, 2.45) is 11.8 Å². The van der Waals surface area contributed by atoms with Crippen LogP contribution < -0.4 is 4.74 Å². The van der Waals surface area contributed by atoms with Gasteiger partial charge >= 0.3 is 12.1 Å². The van der Waals surface area contributed by atoms with Crippen molar-refractivity contribution in [2.75, 3.05) is 13.7 Å². The van der Waals surface area contributed by atoms with Gasteiger partial charge in [0.25, 0.3) is 0 Å². The van der Waals surface area contributed by atoms with E-state index in [0.717, 1.165) is 4.90 Å². The number of amides is 2. The normalized spacial score (nSPS) is 23.3. The Bertz CT molecular complexity index is 888. The molecule has 168 valence electrons. The number of allylic oxidation sites excluding steroid dienone is 1. The second kappa shape index (κ2) is 8.99. The fourth-order valence-corrected chi connectivity index (χ4v) is 3.88. The van der Waals surface area contributed by atoms with Crippen LogP contribution in [0.3, 0.4) is 0 Å². The highest BCUT2D eigenvalue weighted by molar-refractivity contribution is 6.03. The van der Waals surface area contributed by atoms with Gasteiger partial charge in [-0.15, -0.1) is 0 Å². The molecule has 2 heterocycles. The van der Waals surface area contributed by atoms with E-state index in [9.17, 15) is 14.4 Å². The zero-order chi connectivity index (χ0) is 22.9. The molecule has 0 unspecified atom stereocenters. The maximum atomic E-state index is 13.7. The Balaban J connectivity index is 2.03. The maximum Gasteiger partial charge on any atom is 0.417 e. The average Bonchev–Trinajstić information content (AvgIpc) is 3.27. The first-order chi connectivity index (χ1) is 14.6. The van der Waals surface area contributed by atoms with Gasteiger partial charge in [-0.25, -0.2) is 14.5 Å². The number of imide groups is 1. The van der Waals surface area contributed by atoms with Crippen LogP contribution in [0.5, 0.6) is 5.75 Å². The monoisotopic (exact) mass is 431 g/mol. The Kier molecular flexibility index (Phi) is 6.57. The fraction of sp³-hybridized carbons (Fsp3) is 0.522. The molecule has 0 saturated carbocycles. The maximum absolute atomic E-state index is 13.7. The van der Waals surface area contributed by atoms with Crippen LogP contribution in [0, 0.1) is 11.8 Å². The molecule has 3 rings (SSSR count). The molecule has 0 bridgehead atoms. The van der Waals surface area contributed by atoms with E-state index in [1.807, 2.05) is 13.8 Å². The van der Waals surface area contributed by atoms with Gasteiger partial charge in [-0.1, -0.05) is 26.0 Å². The van der Waals surface area contributed by atoms with Crippen molar-refractivity contribution in [3.05, 3.63) is 41.2 Å². The lowest BCUT2D eigenvalue weighted by Crippen LogP contribution is -2.46. The van der Waals surface area contributed by atoms with E-state index in [1.165, 1.54) is 0 Å². The van der Waals surface area contributed by atoms with Crippen LogP contribution >= 0.6 is 0 Å². The molecule has 0 radical (unpaired) electrons. The van der Waals surface area contributed by atoms with Gasteiger partial charge in [-0.2, -0.15) is 0 Å². The molecule has 8 nitrogen and oxygen atoms in total. The molecule has 0 aliphatic carbocycles. The predicted molar refractivity (Wildman–Crippen MR) is 111 cm³/mol. The third-order valence-corrected chi connectivity index (χ3v) is 5.48. The Labute approximate surface area is 182 Å². The summed E-state index contributed by atoms with van der Waals surface area (Å²) in [6.45, 7) is 9.03. The Hall–Kier alpha value is -3.03. The van der Waals surface area contributed by atoms with Crippen LogP contribution in [-0.4, -0.2) is 48.7 Å². The lowest BCUT2D eigenvalue weighted by Gasteiger charge is -2.28. The molecule has 0 spiro atoms. The third-order valence-electron chi connectivity index (χ3n) is 5.48. The molecule has 2 aliphatic rings. The lowest BCUT2D eigenvalue weighted by atomic mass is 9.88. The van der Waals surface area contributed by atoms with Crippen molar-refractivity contribution < 1.29 is 33.3 Å². The van der Waals surface area contributed by atoms with Crippen molar-refractivity contribution in [1.29, 1.82) is 0 Å². The molecule has 1 fully saturated rings. The van der Waals surface area contributed by atoms with Gasteiger partial charge in [0, 0.05) is 0 Å². The number of hydrogen-bond donors (Lipinski definition) is 0. The number of methoxy groups -OCH3 is 1. The molecule has 3 atom stereocenters. The smallest absolute Gasteiger partial charge is 0.417 e. The summed E-state index contributed by atoms with van der Waals surface area (Å²) in [5.41, 5.74) is 0.807. The molecule has 8 heteroatoms. The zero-order valence-electron chi connectivity index (χ0n) is 18.7. The molecular weight excluding hydrogens is 402 g/mol. The fourth-order valence-electron chi connectivity index (χ4n) is 3.88. The van der Waals surface area contributed by atoms with E-state index in [-0.39, 0.29) is 24.2 Å². The van der Waals surface area contributed by atoms with Gasteiger partial charge in [0.05, 0.1) is 24.8 Å². The summed E-state index contributed by atoms with van der Waals surface area (Å²) in [6.07, 6.45) is -1.86. The highest BCUT2D eigenvalue weighted by Crippen LogP contribution is 2.44. The van der Waals surface area contributed by atoms with Crippen LogP contribution in [0.1, 0.15) is 46.3 Å². The van der Waals surface area contributed by atoms with Gasteiger partial charge in [0.2, 0.25) is 5.91 Å². The van der Waals surface area contributed by atoms with E-state index >= 15 is 0 Å².